The van der Waals surface area contributed by atoms with Crippen LogP contribution in [0.25, 0.3) is 0 Å². The van der Waals surface area contributed by atoms with Crippen molar-refractivity contribution in [2.75, 3.05) is 0 Å². The van der Waals surface area contributed by atoms with E-state index in [4.69, 9.17) is 4.74 Å². The van der Waals surface area contributed by atoms with Crippen LogP contribution in [0, 0.1) is 5.92 Å². The summed E-state index contributed by atoms with van der Waals surface area (Å²) < 4.78 is 33.6. The van der Waals surface area contributed by atoms with Crippen molar-refractivity contribution in [2.45, 2.75) is 90.1 Å². The lowest BCUT2D eigenvalue weighted by Crippen LogP contribution is -2.43. The normalized spacial score (nSPS) is 21.7. The van der Waals surface area contributed by atoms with Crippen molar-refractivity contribution in [1.82, 2.24) is 0 Å². The van der Waals surface area contributed by atoms with Gasteiger partial charge < -0.3 is 20.1 Å². The van der Waals surface area contributed by atoms with Gasteiger partial charge in [0.2, 0.25) is 0 Å². The van der Waals surface area contributed by atoms with E-state index in [0.717, 1.165) is 24.0 Å². The van der Waals surface area contributed by atoms with Crippen LogP contribution in [-0.2, 0) is 10.8 Å². The third-order valence-corrected chi connectivity index (χ3v) is 6.57. The molecule has 1 saturated carbocycles. The number of phenols is 3. The van der Waals surface area contributed by atoms with Crippen molar-refractivity contribution in [3.8, 4) is 23.0 Å². The SMILES string of the molecule is CC(C)(C)c1cc(O)c2c(c1)OC(F)(F)[C@@H]1CCCCC21.CC(C)(C)c1cc(O)cc(O)c1. The lowest BCUT2D eigenvalue weighted by Gasteiger charge is -2.42. The van der Waals surface area contributed by atoms with Crippen LogP contribution < -0.4 is 4.74 Å². The second-order valence-corrected chi connectivity index (χ2v) is 11.3. The molecule has 1 aliphatic heterocycles. The lowest BCUT2D eigenvalue weighted by molar-refractivity contribution is -0.236. The highest BCUT2D eigenvalue weighted by Crippen LogP contribution is 2.56. The molecule has 3 N–H and O–H groups in total. The van der Waals surface area contributed by atoms with Gasteiger partial charge in [0.05, 0.1) is 5.92 Å². The van der Waals surface area contributed by atoms with Crippen molar-refractivity contribution in [2.24, 2.45) is 5.92 Å². The van der Waals surface area contributed by atoms with E-state index in [9.17, 15) is 24.1 Å². The summed E-state index contributed by atoms with van der Waals surface area (Å²) in [5.41, 5.74) is 2.05. The van der Waals surface area contributed by atoms with Gasteiger partial charge in [-0.1, -0.05) is 54.4 Å². The third-order valence-electron chi connectivity index (χ3n) is 6.57. The highest BCUT2D eigenvalue weighted by atomic mass is 19.3. The summed E-state index contributed by atoms with van der Waals surface area (Å²) in [6, 6.07) is 8.04. The number of aromatic hydroxyl groups is 3. The van der Waals surface area contributed by atoms with Crippen molar-refractivity contribution in [3.05, 3.63) is 47.0 Å². The van der Waals surface area contributed by atoms with Crippen LogP contribution in [0.4, 0.5) is 8.78 Å². The Bertz CT molecular complexity index is 982. The fraction of sp³-hybridized carbons (Fsp3) is 0.556. The van der Waals surface area contributed by atoms with Crippen LogP contribution >= 0.6 is 0 Å². The van der Waals surface area contributed by atoms with Crippen LogP contribution in [0.2, 0.25) is 0 Å². The molecule has 0 radical (unpaired) electrons. The Morgan fingerprint density at radius 3 is 1.85 bits per heavy atom. The number of hydrogen-bond donors (Lipinski definition) is 3. The van der Waals surface area contributed by atoms with E-state index in [1.807, 2.05) is 41.5 Å². The first-order chi connectivity index (χ1) is 15.1. The fourth-order valence-electron chi connectivity index (χ4n) is 4.63. The maximum Gasteiger partial charge on any atom is 0.401 e. The first-order valence-corrected chi connectivity index (χ1v) is 11.6. The van der Waals surface area contributed by atoms with Crippen LogP contribution in [0.3, 0.4) is 0 Å². The summed E-state index contributed by atoms with van der Waals surface area (Å²) in [5.74, 6) is -0.630. The van der Waals surface area contributed by atoms with Crippen LogP contribution in [0.1, 0.15) is 89.8 Å². The quantitative estimate of drug-likeness (QED) is 0.383. The average molecular weight is 463 g/mol. The van der Waals surface area contributed by atoms with Gasteiger partial charge in [-0.15, -0.1) is 0 Å². The Kier molecular flexibility index (Phi) is 6.62. The Morgan fingerprint density at radius 1 is 0.788 bits per heavy atom. The molecule has 1 fully saturated rings. The average Bonchev–Trinajstić information content (AvgIpc) is 2.65. The molecular formula is C27H36F2O4. The monoisotopic (exact) mass is 462 g/mol. The Labute approximate surface area is 195 Å². The number of phenolic OH excluding ortho intramolecular Hbond substituents is 3. The summed E-state index contributed by atoms with van der Waals surface area (Å²) in [6.45, 7) is 12.0. The van der Waals surface area contributed by atoms with E-state index in [2.05, 4.69) is 0 Å². The number of hydrogen-bond acceptors (Lipinski definition) is 4. The number of halogens is 2. The lowest BCUT2D eigenvalue weighted by atomic mass is 9.72. The predicted octanol–water partition coefficient (Wildman–Crippen LogP) is 7.34. The summed E-state index contributed by atoms with van der Waals surface area (Å²) in [4.78, 5) is 0. The number of alkyl halides is 2. The zero-order valence-corrected chi connectivity index (χ0v) is 20.4. The molecule has 0 spiro atoms. The van der Waals surface area contributed by atoms with Crippen molar-refractivity contribution < 1.29 is 28.8 Å². The zero-order chi connectivity index (χ0) is 24.8. The fourth-order valence-corrected chi connectivity index (χ4v) is 4.63. The minimum atomic E-state index is -3.14. The molecule has 0 aromatic heterocycles. The Hall–Kier alpha value is -2.50. The molecule has 1 unspecified atom stereocenters. The summed E-state index contributed by atoms with van der Waals surface area (Å²) >= 11 is 0. The number of fused-ring (bicyclic) bond motifs is 3. The van der Waals surface area contributed by atoms with E-state index in [-0.39, 0.29) is 39.7 Å². The van der Waals surface area contributed by atoms with Gasteiger partial charge in [0.1, 0.15) is 23.0 Å². The molecule has 2 aliphatic rings. The summed E-state index contributed by atoms with van der Waals surface area (Å²) in [7, 11) is 0. The second kappa shape index (κ2) is 8.69. The van der Waals surface area contributed by atoms with Crippen LogP contribution in [-0.4, -0.2) is 21.4 Å². The molecule has 4 nitrogen and oxygen atoms in total. The molecule has 4 rings (SSSR count). The van der Waals surface area contributed by atoms with E-state index in [1.54, 1.807) is 24.3 Å². The number of rotatable bonds is 0. The molecule has 2 aromatic rings. The highest BCUT2D eigenvalue weighted by Gasteiger charge is 2.53. The third kappa shape index (κ3) is 5.53. The van der Waals surface area contributed by atoms with Gasteiger partial charge in [0.25, 0.3) is 0 Å². The number of benzene rings is 2. The minimum absolute atomic E-state index is 0.0454. The molecule has 1 heterocycles. The van der Waals surface area contributed by atoms with E-state index in [1.165, 1.54) is 6.07 Å². The van der Waals surface area contributed by atoms with E-state index >= 15 is 0 Å². The molecular weight excluding hydrogens is 426 g/mol. The molecule has 1 aliphatic carbocycles. The van der Waals surface area contributed by atoms with Crippen molar-refractivity contribution >= 4 is 0 Å². The van der Waals surface area contributed by atoms with Gasteiger partial charge in [-0.25, -0.2) is 0 Å². The Balaban J connectivity index is 0.000000218. The topological polar surface area (TPSA) is 69.9 Å². The number of ether oxygens (including phenoxy) is 1. The predicted molar refractivity (Wildman–Crippen MR) is 126 cm³/mol. The maximum atomic E-state index is 14.3. The van der Waals surface area contributed by atoms with Crippen molar-refractivity contribution in [1.29, 1.82) is 0 Å². The highest BCUT2D eigenvalue weighted by molar-refractivity contribution is 5.52. The molecule has 2 aromatic carbocycles. The van der Waals surface area contributed by atoms with Gasteiger partial charge in [-0.3, -0.25) is 0 Å². The van der Waals surface area contributed by atoms with Gasteiger partial charge >= 0.3 is 6.11 Å². The first kappa shape index (κ1) is 25.1. The summed E-state index contributed by atoms with van der Waals surface area (Å²) in [6.07, 6.45) is -0.259. The molecule has 182 valence electrons. The molecule has 6 heteroatoms. The van der Waals surface area contributed by atoms with Gasteiger partial charge in [-0.2, -0.15) is 8.78 Å². The summed E-state index contributed by atoms with van der Waals surface area (Å²) in [5, 5.41) is 28.8. The molecule has 0 bridgehead atoms. The minimum Gasteiger partial charge on any atom is -0.508 e. The standard InChI is InChI=1S/C17H22F2O2.C10H14O2/c1-16(2,3)10-8-13(20)15-11-6-4-5-7-12(11)17(18,19)21-14(15)9-10;1-10(2,3)7-4-8(11)6-9(12)5-7/h8-9,11-12,20H,4-7H2,1-3H3;4-6,11-12H,1-3H3/t11?,12-;/m1./s1. The maximum absolute atomic E-state index is 14.3. The molecule has 2 atom stereocenters. The van der Waals surface area contributed by atoms with E-state index in [0.29, 0.717) is 18.4 Å². The largest absolute Gasteiger partial charge is 0.508 e. The zero-order valence-electron chi connectivity index (χ0n) is 20.4. The second-order valence-electron chi connectivity index (χ2n) is 11.3. The van der Waals surface area contributed by atoms with Crippen LogP contribution in [0.5, 0.6) is 23.0 Å². The van der Waals surface area contributed by atoms with Gasteiger partial charge in [-0.05, 0) is 59.1 Å². The van der Waals surface area contributed by atoms with Crippen LogP contribution in [0.15, 0.2) is 30.3 Å². The molecule has 0 saturated heterocycles. The smallest absolute Gasteiger partial charge is 0.401 e. The molecule has 33 heavy (non-hydrogen) atoms. The molecule has 0 amide bonds. The van der Waals surface area contributed by atoms with Gasteiger partial charge in [0, 0.05) is 17.5 Å². The van der Waals surface area contributed by atoms with Crippen molar-refractivity contribution in [3.63, 3.8) is 0 Å². The first-order valence-electron chi connectivity index (χ1n) is 11.6. The van der Waals surface area contributed by atoms with Gasteiger partial charge in [0.15, 0.2) is 0 Å². The Morgan fingerprint density at radius 2 is 1.30 bits per heavy atom. The van der Waals surface area contributed by atoms with E-state index < -0.39 is 12.0 Å².